The van der Waals surface area contributed by atoms with Crippen molar-refractivity contribution in [2.75, 3.05) is 40.3 Å². The SMILES string of the molecule is CCN1CCC(NCC(C(C)C)N(C)C)CC1. The molecule has 1 N–H and O–H groups in total. The lowest BCUT2D eigenvalue weighted by Crippen LogP contribution is -2.48. The summed E-state index contributed by atoms with van der Waals surface area (Å²) in [5.41, 5.74) is 0. The highest BCUT2D eigenvalue weighted by molar-refractivity contribution is 4.80. The van der Waals surface area contributed by atoms with Gasteiger partial charge in [-0.1, -0.05) is 20.8 Å². The Morgan fingerprint density at radius 1 is 1.24 bits per heavy atom. The standard InChI is InChI=1S/C14H31N3/c1-6-17-9-7-13(8-10-17)15-11-14(12(2)3)16(4)5/h12-15H,6-11H2,1-5H3. The molecule has 1 aliphatic rings. The van der Waals surface area contributed by atoms with Crippen LogP contribution >= 0.6 is 0 Å². The lowest BCUT2D eigenvalue weighted by Gasteiger charge is -2.34. The van der Waals surface area contributed by atoms with Gasteiger partial charge in [-0.3, -0.25) is 0 Å². The van der Waals surface area contributed by atoms with Gasteiger partial charge in [-0.25, -0.2) is 0 Å². The number of rotatable bonds is 6. The van der Waals surface area contributed by atoms with Gasteiger partial charge < -0.3 is 15.1 Å². The Morgan fingerprint density at radius 2 is 1.82 bits per heavy atom. The Balaban J connectivity index is 2.26. The van der Waals surface area contributed by atoms with Crippen LogP contribution in [0.4, 0.5) is 0 Å². The van der Waals surface area contributed by atoms with Crippen LogP contribution in [0.2, 0.25) is 0 Å². The summed E-state index contributed by atoms with van der Waals surface area (Å²) >= 11 is 0. The molecule has 17 heavy (non-hydrogen) atoms. The third kappa shape index (κ3) is 4.94. The van der Waals surface area contributed by atoms with E-state index in [4.69, 9.17) is 0 Å². The minimum atomic E-state index is 0.652. The molecular weight excluding hydrogens is 210 g/mol. The summed E-state index contributed by atoms with van der Waals surface area (Å²) in [5, 5.41) is 3.76. The fourth-order valence-electron chi connectivity index (χ4n) is 2.76. The smallest absolute Gasteiger partial charge is 0.0237 e. The highest BCUT2D eigenvalue weighted by Crippen LogP contribution is 2.11. The van der Waals surface area contributed by atoms with Gasteiger partial charge in [-0.05, 0) is 52.5 Å². The van der Waals surface area contributed by atoms with Crippen LogP contribution in [0.5, 0.6) is 0 Å². The van der Waals surface area contributed by atoms with Gasteiger partial charge >= 0.3 is 0 Å². The molecule has 1 saturated heterocycles. The van der Waals surface area contributed by atoms with E-state index in [1.165, 1.54) is 32.5 Å². The van der Waals surface area contributed by atoms with Gasteiger partial charge in [-0.2, -0.15) is 0 Å². The van der Waals surface area contributed by atoms with E-state index in [0.717, 1.165) is 12.6 Å². The van der Waals surface area contributed by atoms with Crippen molar-refractivity contribution in [2.24, 2.45) is 5.92 Å². The van der Waals surface area contributed by atoms with E-state index in [9.17, 15) is 0 Å². The van der Waals surface area contributed by atoms with E-state index < -0.39 is 0 Å². The van der Waals surface area contributed by atoms with Crippen LogP contribution in [0.1, 0.15) is 33.6 Å². The Labute approximate surface area is 108 Å². The average Bonchev–Trinajstić information content (AvgIpc) is 2.29. The van der Waals surface area contributed by atoms with Crippen molar-refractivity contribution in [1.29, 1.82) is 0 Å². The van der Waals surface area contributed by atoms with Crippen LogP contribution in [0, 0.1) is 5.92 Å². The molecule has 1 rings (SSSR count). The minimum Gasteiger partial charge on any atom is -0.312 e. The van der Waals surface area contributed by atoms with Crippen LogP contribution in [0.25, 0.3) is 0 Å². The van der Waals surface area contributed by atoms with Gasteiger partial charge in [0.05, 0.1) is 0 Å². The fraction of sp³-hybridized carbons (Fsp3) is 1.00. The Morgan fingerprint density at radius 3 is 2.24 bits per heavy atom. The van der Waals surface area contributed by atoms with Gasteiger partial charge in [0.2, 0.25) is 0 Å². The molecular formula is C14H31N3. The first-order valence-electron chi connectivity index (χ1n) is 7.16. The van der Waals surface area contributed by atoms with E-state index >= 15 is 0 Å². The second-order valence-corrected chi connectivity index (χ2v) is 5.89. The van der Waals surface area contributed by atoms with Crippen LogP contribution in [0.15, 0.2) is 0 Å². The average molecular weight is 241 g/mol. The predicted octanol–water partition coefficient (Wildman–Crippen LogP) is 1.65. The molecule has 3 nitrogen and oxygen atoms in total. The highest BCUT2D eigenvalue weighted by atomic mass is 15.2. The highest BCUT2D eigenvalue weighted by Gasteiger charge is 2.20. The van der Waals surface area contributed by atoms with Gasteiger partial charge in [0.25, 0.3) is 0 Å². The number of piperidine rings is 1. The molecule has 3 heteroatoms. The second kappa shape index (κ2) is 7.34. The molecule has 1 fully saturated rings. The third-order valence-corrected chi connectivity index (χ3v) is 4.08. The van der Waals surface area contributed by atoms with Crippen molar-refractivity contribution in [1.82, 2.24) is 15.1 Å². The maximum Gasteiger partial charge on any atom is 0.0237 e. The van der Waals surface area contributed by atoms with Gasteiger partial charge in [0.1, 0.15) is 0 Å². The van der Waals surface area contributed by atoms with Crippen LogP contribution in [0.3, 0.4) is 0 Å². The Hall–Kier alpha value is -0.120. The molecule has 1 atom stereocenters. The third-order valence-electron chi connectivity index (χ3n) is 4.08. The van der Waals surface area contributed by atoms with Crippen molar-refractivity contribution in [3.8, 4) is 0 Å². The van der Waals surface area contributed by atoms with Crippen LogP contribution < -0.4 is 5.32 Å². The molecule has 0 spiro atoms. The predicted molar refractivity (Wildman–Crippen MR) is 75.5 cm³/mol. The summed E-state index contributed by atoms with van der Waals surface area (Å²) in [6.45, 7) is 11.7. The van der Waals surface area contributed by atoms with Gasteiger partial charge in [-0.15, -0.1) is 0 Å². The first kappa shape index (κ1) is 14.9. The lowest BCUT2D eigenvalue weighted by atomic mass is 10.0. The van der Waals surface area contributed by atoms with Crippen molar-refractivity contribution in [3.63, 3.8) is 0 Å². The lowest BCUT2D eigenvalue weighted by molar-refractivity contribution is 0.181. The summed E-state index contributed by atoms with van der Waals surface area (Å²) in [6.07, 6.45) is 2.62. The van der Waals surface area contributed by atoms with Crippen LogP contribution in [-0.4, -0.2) is 62.2 Å². The molecule has 0 aromatic heterocycles. The van der Waals surface area contributed by atoms with E-state index in [-0.39, 0.29) is 0 Å². The van der Waals surface area contributed by atoms with Crippen molar-refractivity contribution in [3.05, 3.63) is 0 Å². The first-order valence-corrected chi connectivity index (χ1v) is 7.16. The maximum atomic E-state index is 3.76. The minimum absolute atomic E-state index is 0.652. The van der Waals surface area contributed by atoms with E-state index in [2.05, 4.69) is 50.0 Å². The van der Waals surface area contributed by atoms with E-state index in [0.29, 0.717) is 12.0 Å². The zero-order chi connectivity index (χ0) is 12.8. The zero-order valence-corrected chi connectivity index (χ0v) is 12.4. The first-order chi connectivity index (χ1) is 8.04. The normalized spacial score (nSPS) is 21.4. The number of hydrogen-bond acceptors (Lipinski definition) is 3. The Bertz CT molecular complexity index is 188. The van der Waals surface area contributed by atoms with E-state index in [1.54, 1.807) is 0 Å². The van der Waals surface area contributed by atoms with E-state index in [1.807, 2.05) is 0 Å². The fourth-order valence-corrected chi connectivity index (χ4v) is 2.76. The summed E-state index contributed by atoms with van der Waals surface area (Å²) in [5.74, 6) is 0.716. The molecule has 1 aliphatic heterocycles. The number of hydrogen-bond donors (Lipinski definition) is 1. The summed E-state index contributed by atoms with van der Waals surface area (Å²) in [6, 6.07) is 1.39. The van der Waals surface area contributed by atoms with Gasteiger partial charge in [0, 0.05) is 18.6 Å². The summed E-state index contributed by atoms with van der Waals surface area (Å²) in [4.78, 5) is 4.89. The summed E-state index contributed by atoms with van der Waals surface area (Å²) in [7, 11) is 4.37. The molecule has 1 heterocycles. The topological polar surface area (TPSA) is 18.5 Å². The number of likely N-dealkylation sites (tertiary alicyclic amines) is 1. The zero-order valence-electron chi connectivity index (χ0n) is 12.4. The molecule has 0 bridgehead atoms. The molecule has 1 unspecified atom stereocenters. The molecule has 0 aromatic rings. The maximum absolute atomic E-state index is 3.76. The van der Waals surface area contributed by atoms with Crippen molar-refractivity contribution in [2.45, 2.75) is 45.7 Å². The molecule has 0 aromatic carbocycles. The number of likely N-dealkylation sites (N-methyl/N-ethyl adjacent to an activating group) is 1. The second-order valence-electron chi connectivity index (χ2n) is 5.89. The molecule has 0 radical (unpaired) electrons. The number of nitrogens with zero attached hydrogens (tertiary/aromatic N) is 2. The molecule has 102 valence electrons. The molecule has 0 saturated carbocycles. The largest absolute Gasteiger partial charge is 0.312 e. The number of nitrogens with one attached hydrogen (secondary N) is 1. The Kier molecular flexibility index (Phi) is 6.45. The summed E-state index contributed by atoms with van der Waals surface area (Å²) < 4.78 is 0. The quantitative estimate of drug-likeness (QED) is 0.763. The van der Waals surface area contributed by atoms with Crippen LogP contribution in [-0.2, 0) is 0 Å². The molecule has 0 aliphatic carbocycles. The molecule has 0 amide bonds. The van der Waals surface area contributed by atoms with Crippen molar-refractivity contribution < 1.29 is 0 Å². The van der Waals surface area contributed by atoms with Crippen molar-refractivity contribution >= 4 is 0 Å². The van der Waals surface area contributed by atoms with Gasteiger partial charge in [0.15, 0.2) is 0 Å². The monoisotopic (exact) mass is 241 g/mol.